The first-order chi connectivity index (χ1) is 14.7. The van der Waals surface area contributed by atoms with E-state index in [1.54, 1.807) is 18.5 Å². The van der Waals surface area contributed by atoms with E-state index in [1.165, 1.54) is 5.56 Å². The molecule has 4 rings (SSSR count). The van der Waals surface area contributed by atoms with Crippen LogP contribution in [0.3, 0.4) is 0 Å². The Morgan fingerprint density at radius 3 is 2.50 bits per heavy atom. The predicted octanol–water partition coefficient (Wildman–Crippen LogP) is 2.20. The molecule has 0 spiro atoms. The molecule has 0 aromatic carbocycles. The van der Waals surface area contributed by atoms with Crippen LogP contribution in [0.2, 0.25) is 0 Å². The maximum Gasteiger partial charge on any atom is 0.316 e. The number of anilines is 1. The highest BCUT2D eigenvalue weighted by molar-refractivity contribution is 5.79. The van der Waals surface area contributed by atoms with Gasteiger partial charge in [0.1, 0.15) is 11.9 Å². The van der Waals surface area contributed by atoms with Crippen molar-refractivity contribution in [3.63, 3.8) is 0 Å². The number of rotatable bonds is 6. The molecule has 0 atom stereocenters. The van der Waals surface area contributed by atoms with Crippen LogP contribution < -0.4 is 10.1 Å². The van der Waals surface area contributed by atoms with Gasteiger partial charge < -0.3 is 15.0 Å². The molecule has 160 valence electrons. The van der Waals surface area contributed by atoms with Crippen molar-refractivity contribution < 1.29 is 9.53 Å². The molecule has 0 aliphatic carbocycles. The normalized spacial score (nSPS) is 18.9. The van der Waals surface area contributed by atoms with Gasteiger partial charge in [0.25, 0.3) is 0 Å². The van der Waals surface area contributed by atoms with Crippen LogP contribution in [0.4, 0.5) is 5.82 Å². The van der Waals surface area contributed by atoms with E-state index < -0.39 is 0 Å². The van der Waals surface area contributed by atoms with Crippen molar-refractivity contribution in [2.45, 2.75) is 38.3 Å². The van der Waals surface area contributed by atoms with E-state index in [0.717, 1.165) is 64.2 Å². The number of hydrogen-bond donors (Lipinski definition) is 1. The molecule has 0 saturated carbocycles. The lowest BCUT2D eigenvalue weighted by molar-refractivity contribution is -0.139. The standard InChI is InChI=1S/C22H30N6O2/c1-23-20-15-17(3-10-24-20)16-27-11-4-18(5-12-27)21(29)28-13-6-19(7-14-28)30-22-25-8-2-9-26-22/h2-3,8-10,15,18-19H,4-7,11-14,16H2,1H3,(H,23,24). The number of pyridine rings is 1. The number of carbonyl (C=O) groups excluding carboxylic acids is 1. The van der Waals surface area contributed by atoms with Crippen LogP contribution >= 0.6 is 0 Å². The Morgan fingerprint density at radius 2 is 1.80 bits per heavy atom. The van der Waals surface area contributed by atoms with Gasteiger partial charge in [-0.3, -0.25) is 9.69 Å². The van der Waals surface area contributed by atoms with Crippen LogP contribution in [0, 0.1) is 5.92 Å². The molecule has 2 fully saturated rings. The van der Waals surface area contributed by atoms with Crippen LogP contribution in [0.15, 0.2) is 36.8 Å². The summed E-state index contributed by atoms with van der Waals surface area (Å²) in [7, 11) is 1.88. The Bertz CT molecular complexity index is 817. The minimum absolute atomic E-state index is 0.0844. The fraction of sp³-hybridized carbons (Fsp3) is 0.545. The molecule has 8 nitrogen and oxygen atoms in total. The van der Waals surface area contributed by atoms with Crippen molar-refractivity contribution in [2.75, 3.05) is 38.5 Å². The lowest BCUT2D eigenvalue weighted by Crippen LogP contribution is -2.47. The number of likely N-dealkylation sites (tertiary alicyclic amines) is 2. The van der Waals surface area contributed by atoms with E-state index in [4.69, 9.17) is 4.74 Å². The summed E-state index contributed by atoms with van der Waals surface area (Å²) in [6.07, 6.45) is 8.81. The Hall–Kier alpha value is -2.74. The van der Waals surface area contributed by atoms with Crippen molar-refractivity contribution >= 4 is 11.7 Å². The van der Waals surface area contributed by atoms with E-state index in [9.17, 15) is 4.79 Å². The number of piperidine rings is 2. The first-order valence-corrected chi connectivity index (χ1v) is 10.8. The molecular weight excluding hydrogens is 380 g/mol. The van der Waals surface area contributed by atoms with Crippen molar-refractivity contribution in [3.05, 3.63) is 42.4 Å². The lowest BCUT2D eigenvalue weighted by Gasteiger charge is -2.37. The SMILES string of the molecule is CNc1cc(CN2CCC(C(=O)N3CCC(Oc4ncccn4)CC3)CC2)ccn1. The molecule has 4 heterocycles. The molecular formula is C22H30N6O2. The molecule has 30 heavy (non-hydrogen) atoms. The summed E-state index contributed by atoms with van der Waals surface area (Å²) in [4.78, 5) is 30.0. The molecule has 8 heteroatoms. The summed E-state index contributed by atoms with van der Waals surface area (Å²) in [5.41, 5.74) is 1.25. The first-order valence-electron chi connectivity index (χ1n) is 10.8. The Balaban J connectivity index is 1.21. The molecule has 0 radical (unpaired) electrons. The summed E-state index contributed by atoms with van der Waals surface area (Å²) < 4.78 is 5.84. The summed E-state index contributed by atoms with van der Waals surface area (Å²) >= 11 is 0. The molecule has 2 aliphatic heterocycles. The number of ether oxygens (including phenoxy) is 1. The highest BCUT2D eigenvalue weighted by atomic mass is 16.5. The van der Waals surface area contributed by atoms with Crippen LogP contribution in [0.5, 0.6) is 6.01 Å². The van der Waals surface area contributed by atoms with Crippen LogP contribution in [0.1, 0.15) is 31.2 Å². The third-order valence-corrected chi connectivity index (χ3v) is 5.99. The van der Waals surface area contributed by atoms with Gasteiger partial charge in [0.2, 0.25) is 5.91 Å². The molecule has 2 saturated heterocycles. The average molecular weight is 411 g/mol. The van der Waals surface area contributed by atoms with Gasteiger partial charge in [-0.05, 0) is 49.7 Å². The largest absolute Gasteiger partial charge is 0.460 e. The smallest absolute Gasteiger partial charge is 0.316 e. The topological polar surface area (TPSA) is 83.5 Å². The van der Waals surface area contributed by atoms with Crippen molar-refractivity contribution in [2.24, 2.45) is 5.92 Å². The molecule has 1 amide bonds. The summed E-state index contributed by atoms with van der Waals surface area (Å²) in [5.74, 6) is 1.34. The third kappa shape index (κ3) is 5.24. The third-order valence-electron chi connectivity index (χ3n) is 5.99. The van der Waals surface area contributed by atoms with Gasteiger partial charge in [0.15, 0.2) is 0 Å². The maximum atomic E-state index is 13.0. The Labute approximate surface area is 177 Å². The summed E-state index contributed by atoms with van der Waals surface area (Å²) in [5, 5.41) is 3.08. The van der Waals surface area contributed by atoms with Gasteiger partial charge in [-0.2, -0.15) is 0 Å². The average Bonchev–Trinajstić information content (AvgIpc) is 2.80. The maximum absolute atomic E-state index is 13.0. The first kappa shape index (κ1) is 20.5. The van der Waals surface area contributed by atoms with Gasteiger partial charge in [-0.15, -0.1) is 0 Å². The fourth-order valence-electron chi connectivity index (χ4n) is 4.25. The number of amides is 1. The van der Waals surface area contributed by atoms with E-state index in [1.807, 2.05) is 18.1 Å². The molecule has 2 aromatic rings. The lowest BCUT2D eigenvalue weighted by atomic mass is 9.94. The van der Waals surface area contributed by atoms with Crippen LogP contribution in [0.25, 0.3) is 0 Å². The van der Waals surface area contributed by atoms with Crippen molar-refractivity contribution in [3.8, 4) is 6.01 Å². The van der Waals surface area contributed by atoms with Gasteiger partial charge in [-0.1, -0.05) is 0 Å². The van der Waals surface area contributed by atoms with Gasteiger partial charge in [-0.25, -0.2) is 15.0 Å². The van der Waals surface area contributed by atoms with Gasteiger partial charge >= 0.3 is 6.01 Å². The van der Waals surface area contributed by atoms with Crippen LogP contribution in [-0.2, 0) is 11.3 Å². The van der Waals surface area contributed by atoms with E-state index in [-0.39, 0.29) is 12.0 Å². The summed E-state index contributed by atoms with van der Waals surface area (Å²) in [6.45, 7) is 4.32. The number of nitrogens with zero attached hydrogens (tertiary/aromatic N) is 5. The number of carbonyl (C=O) groups is 1. The summed E-state index contributed by atoms with van der Waals surface area (Å²) in [6, 6.07) is 6.34. The second kappa shape index (κ2) is 9.84. The Kier molecular flexibility index (Phi) is 6.74. The van der Waals surface area contributed by atoms with E-state index in [0.29, 0.717) is 11.9 Å². The molecule has 2 aliphatic rings. The van der Waals surface area contributed by atoms with E-state index >= 15 is 0 Å². The zero-order valence-electron chi connectivity index (χ0n) is 17.5. The highest BCUT2D eigenvalue weighted by Crippen LogP contribution is 2.24. The number of hydrogen-bond acceptors (Lipinski definition) is 7. The zero-order chi connectivity index (χ0) is 20.8. The second-order valence-corrected chi connectivity index (χ2v) is 8.02. The van der Waals surface area contributed by atoms with Gasteiger partial charge in [0, 0.05) is 64.0 Å². The fourth-order valence-corrected chi connectivity index (χ4v) is 4.25. The minimum atomic E-state index is 0.0844. The minimum Gasteiger partial charge on any atom is -0.460 e. The number of aromatic nitrogens is 3. The zero-order valence-corrected chi connectivity index (χ0v) is 17.5. The monoisotopic (exact) mass is 410 g/mol. The predicted molar refractivity (Wildman–Crippen MR) is 114 cm³/mol. The molecule has 0 unspecified atom stereocenters. The van der Waals surface area contributed by atoms with E-state index in [2.05, 4.69) is 37.3 Å². The molecule has 2 aromatic heterocycles. The number of nitrogens with one attached hydrogen (secondary N) is 1. The highest BCUT2D eigenvalue weighted by Gasteiger charge is 2.31. The molecule has 1 N–H and O–H groups in total. The Morgan fingerprint density at radius 1 is 1.07 bits per heavy atom. The van der Waals surface area contributed by atoms with Crippen molar-refractivity contribution in [1.82, 2.24) is 24.8 Å². The second-order valence-electron chi connectivity index (χ2n) is 8.02. The molecule has 0 bridgehead atoms. The van der Waals surface area contributed by atoms with Crippen molar-refractivity contribution in [1.29, 1.82) is 0 Å². The van der Waals surface area contributed by atoms with Crippen LogP contribution in [-0.4, -0.2) is 70.0 Å². The quantitative estimate of drug-likeness (QED) is 0.782. The van der Waals surface area contributed by atoms with Gasteiger partial charge in [0.05, 0.1) is 0 Å².